The minimum absolute atomic E-state index is 0.141. The van der Waals surface area contributed by atoms with Crippen molar-refractivity contribution in [3.63, 3.8) is 0 Å². The smallest absolute Gasteiger partial charge is 0.274 e. The number of hydrogen-bond acceptors (Lipinski definition) is 2. The van der Waals surface area contributed by atoms with Crippen molar-refractivity contribution in [1.29, 1.82) is 0 Å². The van der Waals surface area contributed by atoms with Crippen LogP contribution in [0.25, 0.3) is 0 Å². The first-order valence-corrected chi connectivity index (χ1v) is 6.21. The number of carbonyl (C=O) groups excluding carboxylic acids is 1. The Morgan fingerprint density at radius 2 is 2.41 bits per heavy atom. The monoisotopic (exact) mass is 294 g/mol. The molecule has 0 spiro atoms. The molecule has 2 aromatic rings. The summed E-state index contributed by atoms with van der Waals surface area (Å²) >= 11 is 3.40. The van der Waals surface area contributed by atoms with Crippen LogP contribution in [0.4, 0.5) is 5.95 Å². The first-order chi connectivity index (χ1) is 8.24. The van der Waals surface area contributed by atoms with Gasteiger partial charge in [0.2, 0.25) is 5.95 Å². The molecule has 1 amide bonds. The van der Waals surface area contributed by atoms with Crippen LogP contribution in [0, 0.1) is 0 Å². The third-order valence-electron chi connectivity index (χ3n) is 2.72. The van der Waals surface area contributed by atoms with Gasteiger partial charge in [-0.15, -0.1) is 0 Å². The molecule has 2 aromatic heterocycles. The van der Waals surface area contributed by atoms with Gasteiger partial charge in [-0.25, -0.2) is 4.98 Å². The molecule has 0 aliphatic heterocycles. The summed E-state index contributed by atoms with van der Waals surface area (Å²) in [6, 6.07) is 2.30. The van der Waals surface area contributed by atoms with Gasteiger partial charge in [0.15, 0.2) is 0 Å². The van der Waals surface area contributed by atoms with Crippen molar-refractivity contribution in [2.45, 2.75) is 18.9 Å². The van der Waals surface area contributed by atoms with Crippen LogP contribution in [0.3, 0.4) is 0 Å². The lowest BCUT2D eigenvalue weighted by Gasteiger charge is -2.06. The molecule has 0 saturated heterocycles. The minimum atomic E-state index is -0.141. The molecule has 88 valence electrons. The van der Waals surface area contributed by atoms with E-state index in [4.69, 9.17) is 0 Å². The van der Waals surface area contributed by atoms with Crippen LogP contribution in [0.15, 0.2) is 29.1 Å². The van der Waals surface area contributed by atoms with Crippen LogP contribution < -0.4 is 5.32 Å². The van der Waals surface area contributed by atoms with Gasteiger partial charge >= 0.3 is 0 Å². The summed E-state index contributed by atoms with van der Waals surface area (Å²) in [4.78, 5) is 18.9. The Labute approximate surface area is 106 Å². The van der Waals surface area contributed by atoms with Gasteiger partial charge in [-0.05, 0) is 34.8 Å². The van der Waals surface area contributed by atoms with E-state index in [1.165, 1.54) is 0 Å². The van der Waals surface area contributed by atoms with Gasteiger partial charge < -0.3 is 9.55 Å². The first kappa shape index (κ1) is 10.6. The molecule has 1 aliphatic carbocycles. The second kappa shape index (κ2) is 4.03. The fourth-order valence-corrected chi connectivity index (χ4v) is 2.23. The van der Waals surface area contributed by atoms with Gasteiger partial charge in [-0.2, -0.15) is 0 Å². The van der Waals surface area contributed by atoms with Crippen LogP contribution in [-0.4, -0.2) is 20.4 Å². The molecule has 1 aliphatic rings. The normalized spacial score (nSPS) is 14.9. The Kier molecular flexibility index (Phi) is 2.51. The molecule has 0 bridgehead atoms. The molecule has 0 unspecified atom stereocenters. The Bertz CT molecular complexity index is 542. The summed E-state index contributed by atoms with van der Waals surface area (Å²) in [5.41, 5.74) is 0.663. The molecule has 17 heavy (non-hydrogen) atoms. The number of imidazole rings is 1. The van der Waals surface area contributed by atoms with Gasteiger partial charge in [0, 0.05) is 29.1 Å². The molecule has 6 heteroatoms. The number of H-pyrrole nitrogens is 1. The number of rotatable bonds is 3. The number of nitrogens with one attached hydrogen (secondary N) is 2. The quantitative estimate of drug-likeness (QED) is 0.914. The highest BCUT2D eigenvalue weighted by molar-refractivity contribution is 9.10. The Balaban J connectivity index is 1.85. The van der Waals surface area contributed by atoms with Crippen molar-refractivity contribution in [1.82, 2.24) is 14.5 Å². The number of hydrogen-bond donors (Lipinski definition) is 2. The minimum Gasteiger partial charge on any atom is -0.339 e. The van der Waals surface area contributed by atoms with Gasteiger partial charge in [-0.1, -0.05) is 0 Å². The zero-order valence-electron chi connectivity index (χ0n) is 8.98. The van der Waals surface area contributed by atoms with Gasteiger partial charge in [0.05, 0.1) is 0 Å². The van der Waals surface area contributed by atoms with E-state index in [0.717, 1.165) is 17.3 Å². The summed E-state index contributed by atoms with van der Waals surface area (Å²) in [5.74, 6) is 0.326. The van der Waals surface area contributed by atoms with E-state index < -0.39 is 0 Å². The van der Waals surface area contributed by atoms with E-state index in [9.17, 15) is 4.79 Å². The highest BCUT2D eigenvalue weighted by Gasteiger charge is 2.27. The standard InChI is InChI=1S/C11H11BrN4O/c12-7-5-9(16(6-7)8-1-2-8)10(17)15-11-13-3-4-14-11/h3-6,8H,1-2H2,(H2,13,14,15,17). The van der Waals surface area contributed by atoms with Crippen molar-refractivity contribution in [2.75, 3.05) is 5.32 Å². The SMILES string of the molecule is O=C(Nc1ncc[nH]1)c1cc(Br)cn1C1CC1. The summed E-state index contributed by atoms with van der Waals surface area (Å²) in [7, 11) is 0. The van der Waals surface area contributed by atoms with Crippen LogP contribution in [0.5, 0.6) is 0 Å². The molecule has 1 saturated carbocycles. The van der Waals surface area contributed by atoms with Crippen LogP contribution in [0.1, 0.15) is 29.4 Å². The van der Waals surface area contributed by atoms with Crippen molar-refractivity contribution in [3.8, 4) is 0 Å². The van der Waals surface area contributed by atoms with Crippen LogP contribution >= 0.6 is 15.9 Å². The maximum Gasteiger partial charge on any atom is 0.274 e. The van der Waals surface area contributed by atoms with Gasteiger partial charge in [0.25, 0.3) is 5.91 Å². The predicted octanol–water partition coefficient (Wildman–Crippen LogP) is 2.56. The maximum absolute atomic E-state index is 12.1. The maximum atomic E-state index is 12.1. The fraction of sp³-hybridized carbons (Fsp3) is 0.273. The zero-order valence-corrected chi connectivity index (χ0v) is 10.6. The molecular formula is C11H11BrN4O. The van der Waals surface area contributed by atoms with E-state index in [2.05, 4.69) is 31.2 Å². The van der Waals surface area contributed by atoms with Crippen LogP contribution in [-0.2, 0) is 0 Å². The number of nitrogens with zero attached hydrogens (tertiary/aromatic N) is 2. The zero-order chi connectivity index (χ0) is 11.8. The van der Waals surface area contributed by atoms with E-state index in [0.29, 0.717) is 17.7 Å². The number of anilines is 1. The molecule has 0 radical (unpaired) electrons. The Morgan fingerprint density at radius 1 is 1.59 bits per heavy atom. The highest BCUT2D eigenvalue weighted by Crippen LogP contribution is 2.37. The third kappa shape index (κ3) is 2.12. The second-order valence-electron chi connectivity index (χ2n) is 4.07. The van der Waals surface area contributed by atoms with Gasteiger partial charge in [0.1, 0.15) is 5.69 Å². The second-order valence-corrected chi connectivity index (χ2v) is 4.99. The highest BCUT2D eigenvalue weighted by atomic mass is 79.9. The topological polar surface area (TPSA) is 62.7 Å². The molecule has 3 rings (SSSR count). The number of aromatic amines is 1. The molecule has 0 aromatic carbocycles. The summed E-state index contributed by atoms with van der Waals surface area (Å²) in [6.45, 7) is 0. The number of halogens is 1. The van der Waals surface area contributed by atoms with Crippen molar-refractivity contribution in [2.24, 2.45) is 0 Å². The number of carbonyl (C=O) groups is 1. The summed E-state index contributed by atoms with van der Waals surface area (Å²) in [6.07, 6.45) is 7.51. The molecule has 5 nitrogen and oxygen atoms in total. The van der Waals surface area contributed by atoms with E-state index in [1.807, 2.05) is 16.8 Å². The lowest BCUT2D eigenvalue weighted by molar-refractivity contribution is 0.101. The van der Waals surface area contributed by atoms with E-state index >= 15 is 0 Å². The van der Waals surface area contributed by atoms with Crippen molar-refractivity contribution in [3.05, 3.63) is 34.8 Å². The summed E-state index contributed by atoms with van der Waals surface area (Å²) in [5, 5.41) is 2.73. The van der Waals surface area contributed by atoms with E-state index in [1.54, 1.807) is 12.4 Å². The third-order valence-corrected chi connectivity index (χ3v) is 3.15. The Hall–Kier alpha value is -1.56. The molecule has 0 atom stereocenters. The first-order valence-electron chi connectivity index (χ1n) is 5.42. The summed E-state index contributed by atoms with van der Waals surface area (Å²) < 4.78 is 2.94. The van der Waals surface area contributed by atoms with Crippen LogP contribution in [0.2, 0.25) is 0 Å². The Morgan fingerprint density at radius 3 is 3.06 bits per heavy atom. The van der Waals surface area contributed by atoms with Crippen molar-refractivity contribution >= 4 is 27.8 Å². The molecule has 2 heterocycles. The average molecular weight is 295 g/mol. The fourth-order valence-electron chi connectivity index (χ4n) is 1.79. The largest absolute Gasteiger partial charge is 0.339 e. The molecule has 1 fully saturated rings. The molecular weight excluding hydrogens is 284 g/mol. The predicted molar refractivity (Wildman–Crippen MR) is 66.9 cm³/mol. The van der Waals surface area contributed by atoms with E-state index in [-0.39, 0.29) is 5.91 Å². The lowest BCUT2D eigenvalue weighted by Crippen LogP contribution is -2.17. The lowest BCUT2D eigenvalue weighted by atomic mass is 10.4. The van der Waals surface area contributed by atoms with Crippen molar-refractivity contribution < 1.29 is 4.79 Å². The number of amides is 1. The van der Waals surface area contributed by atoms with Gasteiger partial charge in [-0.3, -0.25) is 10.1 Å². The number of aromatic nitrogens is 3. The average Bonchev–Trinajstić information content (AvgIpc) is 2.88. The molecule has 2 N–H and O–H groups in total.